The Morgan fingerprint density at radius 3 is 2.56 bits per heavy atom. The van der Waals surface area contributed by atoms with Gasteiger partial charge >= 0.3 is 0 Å². The maximum atomic E-state index is 12.1. The van der Waals surface area contributed by atoms with Crippen LogP contribution in [0.5, 0.6) is 0 Å². The number of nitrogens with zero attached hydrogens (tertiary/aromatic N) is 6. The molecule has 3 heterocycles. The van der Waals surface area contributed by atoms with Crippen LogP contribution in [0, 0.1) is 5.92 Å². The Hall–Kier alpha value is -2.02. The molecule has 136 valence electrons. The first kappa shape index (κ1) is 17.8. The largest absolute Gasteiger partial charge is 0.301 e. The van der Waals surface area contributed by atoms with E-state index in [2.05, 4.69) is 41.1 Å². The summed E-state index contributed by atoms with van der Waals surface area (Å²) in [5.74, 6) is 0.517. The Bertz CT molecular complexity index is 723. The second kappa shape index (κ2) is 7.47. The number of piperidine rings is 1. The number of aromatic nitrogens is 5. The number of rotatable bonds is 5. The predicted molar refractivity (Wildman–Crippen MR) is 96.4 cm³/mol. The maximum Gasteiger partial charge on any atom is 0.266 e. The third-order valence-electron chi connectivity index (χ3n) is 4.89. The van der Waals surface area contributed by atoms with Gasteiger partial charge in [-0.25, -0.2) is 4.68 Å². The van der Waals surface area contributed by atoms with Crippen LogP contribution in [0.1, 0.15) is 39.3 Å². The Balaban J connectivity index is 1.53. The summed E-state index contributed by atoms with van der Waals surface area (Å²) in [5, 5.41) is 12.4. The van der Waals surface area contributed by atoms with E-state index in [4.69, 9.17) is 0 Å². The molecular weight excluding hydrogens is 316 g/mol. The van der Waals surface area contributed by atoms with Crippen molar-refractivity contribution < 1.29 is 0 Å². The van der Waals surface area contributed by atoms with Crippen molar-refractivity contribution in [1.82, 2.24) is 29.7 Å². The SMILES string of the molecule is CC(C)(C)c1ccc(=O)n(CC2CCN(CCn3ccnn3)CC2)n1. The summed E-state index contributed by atoms with van der Waals surface area (Å²) in [6.45, 7) is 11.1. The molecule has 0 radical (unpaired) electrons. The fourth-order valence-electron chi connectivity index (χ4n) is 3.21. The van der Waals surface area contributed by atoms with E-state index in [9.17, 15) is 4.79 Å². The molecule has 2 aromatic heterocycles. The second-order valence-electron chi connectivity index (χ2n) is 7.94. The minimum Gasteiger partial charge on any atom is -0.301 e. The highest BCUT2D eigenvalue weighted by molar-refractivity contribution is 5.10. The standard InChI is InChI=1S/C18H28N6O/c1-18(2,3)16-4-5-17(25)24(20-16)14-15-6-9-22(10-7-15)12-13-23-11-8-19-21-23/h4-5,8,11,15H,6-7,9-10,12-14H2,1-3H3. The van der Waals surface area contributed by atoms with Gasteiger partial charge < -0.3 is 4.90 Å². The van der Waals surface area contributed by atoms with Crippen molar-refractivity contribution in [3.63, 3.8) is 0 Å². The van der Waals surface area contributed by atoms with Crippen LogP contribution in [0.25, 0.3) is 0 Å². The topological polar surface area (TPSA) is 68.8 Å². The van der Waals surface area contributed by atoms with E-state index in [1.165, 1.54) is 0 Å². The first-order valence-electron chi connectivity index (χ1n) is 9.07. The molecule has 7 heteroatoms. The fourth-order valence-corrected chi connectivity index (χ4v) is 3.21. The van der Waals surface area contributed by atoms with Crippen molar-refractivity contribution in [3.05, 3.63) is 40.6 Å². The van der Waals surface area contributed by atoms with Gasteiger partial charge in [-0.15, -0.1) is 5.10 Å². The van der Waals surface area contributed by atoms with Gasteiger partial charge in [0.1, 0.15) is 0 Å². The Kier molecular flexibility index (Phi) is 5.32. The summed E-state index contributed by atoms with van der Waals surface area (Å²) in [6, 6.07) is 3.51. The lowest BCUT2D eigenvalue weighted by molar-refractivity contribution is 0.163. The highest BCUT2D eigenvalue weighted by Crippen LogP contribution is 2.20. The van der Waals surface area contributed by atoms with Crippen LogP contribution in [0.2, 0.25) is 0 Å². The lowest BCUT2D eigenvalue weighted by Gasteiger charge is -2.32. The molecule has 1 aliphatic rings. The first-order valence-corrected chi connectivity index (χ1v) is 9.07. The molecule has 1 fully saturated rings. The van der Waals surface area contributed by atoms with E-state index in [0.29, 0.717) is 5.92 Å². The number of hydrogen-bond acceptors (Lipinski definition) is 5. The number of likely N-dealkylation sites (tertiary alicyclic amines) is 1. The van der Waals surface area contributed by atoms with Crippen molar-refractivity contribution in [2.24, 2.45) is 5.92 Å². The van der Waals surface area contributed by atoms with Crippen molar-refractivity contribution in [2.45, 2.75) is 52.1 Å². The van der Waals surface area contributed by atoms with Crippen LogP contribution in [0.3, 0.4) is 0 Å². The summed E-state index contributed by atoms with van der Waals surface area (Å²) in [7, 11) is 0. The van der Waals surface area contributed by atoms with Gasteiger partial charge in [0.05, 0.1) is 18.4 Å². The van der Waals surface area contributed by atoms with Gasteiger partial charge in [-0.3, -0.25) is 9.48 Å². The van der Waals surface area contributed by atoms with Gasteiger partial charge in [-0.05, 0) is 37.9 Å². The molecule has 0 atom stereocenters. The molecular formula is C18H28N6O. The van der Waals surface area contributed by atoms with E-state index in [1.807, 2.05) is 16.9 Å². The number of hydrogen-bond donors (Lipinski definition) is 0. The summed E-state index contributed by atoms with van der Waals surface area (Å²) >= 11 is 0. The zero-order chi connectivity index (χ0) is 17.9. The predicted octanol–water partition coefficient (Wildman–Crippen LogP) is 1.54. The quantitative estimate of drug-likeness (QED) is 0.823. The van der Waals surface area contributed by atoms with Crippen LogP contribution < -0.4 is 5.56 Å². The van der Waals surface area contributed by atoms with Gasteiger partial charge in [0.15, 0.2) is 0 Å². The van der Waals surface area contributed by atoms with Gasteiger partial charge in [-0.2, -0.15) is 5.10 Å². The minimum atomic E-state index is -0.0415. The second-order valence-corrected chi connectivity index (χ2v) is 7.94. The van der Waals surface area contributed by atoms with E-state index < -0.39 is 0 Å². The third kappa shape index (κ3) is 4.75. The van der Waals surface area contributed by atoms with Crippen molar-refractivity contribution in [3.8, 4) is 0 Å². The molecule has 0 N–H and O–H groups in total. The van der Waals surface area contributed by atoms with Gasteiger partial charge in [-0.1, -0.05) is 26.0 Å². The molecule has 0 unspecified atom stereocenters. The van der Waals surface area contributed by atoms with Gasteiger partial charge in [0, 0.05) is 30.8 Å². The highest BCUT2D eigenvalue weighted by Gasteiger charge is 2.21. The molecule has 0 amide bonds. The van der Waals surface area contributed by atoms with Crippen molar-refractivity contribution in [2.75, 3.05) is 19.6 Å². The lowest BCUT2D eigenvalue weighted by atomic mass is 9.92. The van der Waals surface area contributed by atoms with E-state index >= 15 is 0 Å². The Morgan fingerprint density at radius 1 is 1.16 bits per heavy atom. The molecule has 2 aromatic rings. The zero-order valence-electron chi connectivity index (χ0n) is 15.4. The normalized spacial score (nSPS) is 17.1. The maximum absolute atomic E-state index is 12.1. The molecule has 0 spiro atoms. The Labute approximate surface area is 148 Å². The molecule has 25 heavy (non-hydrogen) atoms. The molecule has 0 saturated carbocycles. The summed E-state index contributed by atoms with van der Waals surface area (Å²) in [4.78, 5) is 14.6. The third-order valence-corrected chi connectivity index (χ3v) is 4.89. The zero-order valence-corrected chi connectivity index (χ0v) is 15.4. The summed E-state index contributed by atoms with van der Waals surface area (Å²) in [5.41, 5.74) is 0.930. The molecule has 0 aromatic carbocycles. The first-order chi connectivity index (χ1) is 11.9. The minimum absolute atomic E-state index is 0.00149. The molecule has 1 saturated heterocycles. The average Bonchev–Trinajstić information content (AvgIpc) is 3.09. The van der Waals surface area contributed by atoms with E-state index in [1.54, 1.807) is 16.9 Å². The van der Waals surface area contributed by atoms with E-state index in [-0.39, 0.29) is 11.0 Å². The van der Waals surface area contributed by atoms with Crippen LogP contribution in [0.4, 0.5) is 0 Å². The Morgan fingerprint density at radius 2 is 1.92 bits per heavy atom. The highest BCUT2D eigenvalue weighted by atomic mass is 16.1. The molecule has 0 bridgehead atoms. The van der Waals surface area contributed by atoms with Crippen LogP contribution in [-0.2, 0) is 18.5 Å². The van der Waals surface area contributed by atoms with Gasteiger partial charge in [0.2, 0.25) is 0 Å². The fraction of sp³-hybridized carbons (Fsp3) is 0.667. The van der Waals surface area contributed by atoms with E-state index in [0.717, 1.165) is 51.3 Å². The molecule has 7 nitrogen and oxygen atoms in total. The average molecular weight is 344 g/mol. The lowest BCUT2D eigenvalue weighted by Crippen LogP contribution is -2.38. The smallest absolute Gasteiger partial charge is 0.266 e. The van der Waals surface area contributed by atoms with Crippen molar-refractivity contribution in [1.29, 1.82) is 0 Å². The summed E-state index contributed by atoms with van der Waals surface area (Å²) < 4.78 is 3.53. The van der Waals surface area contributed by atoms with Crippen molar-refractivity contribution >= 4 is 0 Å². The van der Waals surface area contributed by atoms with Crippen LogP contribution in [-0.4, -0.2) is 49.3 Å². The van der Waals surface area contributed by atoms with Crippen LogP contribution in [0.15, 0.2) is 29.3 Å². The molecule has 3 rings (SSSR count). The summed E-state index contributed by atoms with van der Waals surface area (Å²) in [6.07, 6.45) is 5.81. The molecule has 0 aliphatic carbocycles. The molecule has 1 aliphatic heterocycles. The monoisotopic (exact) mass is 344 g/mol. The van der Waals surface area contributed by atoms with Gasteiger partial charge in [0.25, 0.3) is 5.56 Å². The van der Waals surface area contributed by atoms with Crippen LogP contribution >= 0.6 is 0 Å².